The SMILES string of the molecule is COc1ccc(C(=O)Nc2c(-n3cnnc3)n[nH]c2C)cc1. The summed E-state index contributed by atoms with van der Waals surface area (Å²) in [7, 11) is 1.58. The first kappa shape index (κ1) is 13.8. The number of hydrogen-bond donors (Lipinski definition) is 2. The summed E-state index contributed by atoms with van der Waals surface area (Å²) in [6.45, 7) is 1.82. The molecule has 1 aromatic carbocycles. The highest BCUT2D eigenvalue weighted by Gasteiger charge is 2.16. The minimum absolute atomic E-state index is 0.235. The van der Waals surface area contributed by atoms with E-state index in [1.807, 2.05) is 6.92 Å². The first-order chi connectivity index (χ1) is 10.7. The van der Waals surface area contributed by atoms with Crippen LogP contribution in [0.1, 0.15) is 16.1 Å². The number of anilines is 1. The Labute approximate surface area is 126 Å². The molecule has 0 bridgehead atoms. The highest BCUT2D eigenvalue weighted by Crippen LogP contribution is 2.22. The third-order valence-electron chi connectivity index (χ3n) is 3.18. The summed E-state index contributed by atoms with van der Waals surface area (Å²) in [4.78, 5) is 12.4. The first-order valence-corrected chi connectivity index (χ1v) is 6.54. The van der Waals surface area contributed by atoms with Crippen molar-refractivity contribution in [3.05, 3.63) is 48.2 Å². The van der Waals surface area contributed by atoms with Crippen LogP contribution in [0.5, 0.6) is 5.75 Å². The molecular formula is C14H14N6O2. The lowest BCUT2D eigenvalue weighted by Crippen LogP contribution is -2.13. The zero-order valence-electron chi connectivity index (χ0n) is 12.1. The fourth-order valence-corrected chi connectivity index (χ4v) is 1.99. The van der Waals surface area contributed by atoms with Crippen molar-refractivity contribution in [1.29, 1.82) is 0 Å². The van der Waals surface area contributed by atoms with Crippen LogP contribution in [0.4, 0.5) is 5.69 Å². The summed E-state index contributed by atoms with van der Waals surface area (Å²) in [6, 6.07) is 6.86. The molecule has 8 nitrogen and oxygen atoms in total. The van der Waals surface area contributed by atoms with Crippen molar-refractivity contribution in [2.45, 2.75) is 6.92 Å². The van der Waals surface area contributed by atoms with Gasteiger partial charge in [0.1, 0.15) is 24.1 Å². The topological polar surface area (TPSA) is 97.7 Å². The third-order valence-corrected chi connectivity index (χ3v) is 3.18. The maximum Gasteiger partial charge on any atom is 0.255 e. The van der Waals surface area contributed by atoms with Gasteiger partial charge in [0, 0.05) is 5.56 Å². The van der Waals surface area contributed by atoms with E-state index in [1.165, 1.54) is 12.7 Å². The van der Waals surface area contributed by atoms with Gasteiger partial charge in [-0.15, -0.1) is 10.2 Å². The molecule has 3 aromatic rings. The van der Waals surface area contributed by atoms with Crippen molar-refractivity contribution in [3.63, 3.8) is 0 Å². The molecule has 0 aliphatic carbocycles. The van der Waals surface area contributed by atoms with Crippen molar-refractivity contribution >= 4 is 11.6 Å². The first-order valence-electron chi connectivity index (χ1n) is 6.54. The molecule has 22 heavy (non-hydrogen) atoms. The highest BCUT2D eigenvalue weighted by atomic mass is 16.5. The third kappa shape index (κ3) is 2.53. The number of aromatic amines is 1. The number of benzene rings is 1. The van der Waals surface area contributed by atoms with E-state index < -0.39 is 0 Å². The van der Waals surface area contributed by atoms with Crippen LogP contribution >= 0.6 is 0 Å². The van der Waals surface area contributed by atoms with Crippen LogP contribution in [0.2, 0.25) is 0 Å². The summed E-state index contributed by atoms with van der Waals surface area (Å²) in [5.74, 6) is 0.993. The molecule has 0 aliphatic rings. The molecule has 0 saturated carbocycles. The number of rotatable bonds is 4. The lowest BCUT2D eigenvalue weighted by molar-refractivity contribution is 0.102. The minimum Gasteiger partial charge on any atom is -0.497 e. The van der Waals surface area contributed by atoms with E-state index in [2.05, 4.69) is 25.7 Å². The van der Waals surface area contributed by atoms with Crippen LogP contribution in [-0.2, 0) is 0 Å². The van der Waals surface area contributed by atoms with Crippen LogP contribution < -0.4 is 10.1 Å². The molecular weight excluding hydrogens is 284 g/mol. The van der Waals surface area contributed by atoms with Gasteiger partial charge in [-0.2, -0.15) is 5.10 Å². The quantitative estimate of drug-likeness (QED) is 0.761. The van der Waals surface area contributed by atoms with Crippen molar-refractivity contribution < 1.29 is 9.53 Å². The lowest BCUT2D eigenvalue weighted by Gasteiger charge is -2.07. The van der Waals surface area contributed by atoms with Crippen molar-refractivity contribution in [3.8, 4) is 11.6 Å². The van der Waals surface area contributed by atoms with Gasteiger partial charge in [-0.05, 0) is 31.2 Å². The van der Waals surface area contributed by atoms with Gasteiger partial charge in [0.15, 0.2) is 5.82 Å². The van der Waals surface area contributed by atoms with Gasteiger partial charge in [0.25, 0.3) is 5.91 Å². The Bertz CT molecular complexity index is 776. The standard InChI is InChI=1S/C14H14N6O2/c1-9-12(13(19-18-9)20-7-15-16-8-20)17-14(21)10-3-5-11(22-2)6-4-10/h3-8H,1-2H3,(H,17,21)(H,18,19). The number of nitrogens with zero attached hydrogens (tertiary/aromatic N) is 4. The molecule has 0 atom stereocenters. The van der Waals surface area contributed by atoms with Gasteiger partial charge in [0.05, 0.1) is 12.8 Å². The monoisotopic (exact) mass is 298 g/mol. The van der Waals surface area contributed by atoms with E-state index >= 15 is 0 Å². The molecule has 112 valence electrons. The Kier molecular flexibility index (Phi) is 3.57. The maximum absolute atomic E-state index is 12.4. The van der Waals surface area contributed by atoms with Crippen LogP contribution in [-0.4, -0.2) is 38.0 Å². The van der Waals surface area contributed by atoms with Gasteiger partial charge in [-0.1, -0.05) is 0 Å². The summed E-state index contributed by atoms with van der Waals surface area (Å²) in [6.07, 6.45) is 3.03. The molecule has 2 heterocycles. The number of carbonyl (C=O) groups excluding carboxylic acids is 1. The van der Waals surface area contributed by atoms with Crippen LogP contribution in [0, 0.1) is 6.92 Å². The van der Waals surface area contributed by atoms with Gasteiger partial charge in [-0.25, -0.2) is 0 Å². The van der Waals surface area contributed by atoms with Crippen molar-refractivity contribution in [2.75, 3.05) is 12.4 Å². The van der Waals surface area contributed by atoms with Crippen LogP contribution in [0.3, 0.4) is 0 Å². The second-order valence-corrected chi connectivity index (χ2v) is 4.60. The largest absolute Gasteiger partial charge is 0.497 e. The predicted octanol–water partition coefficient (Wildman–Crippen LogP) is 1.56. The lowest BCUT2D eigenvalue weighted by atomic mass is 10.2. The number of aryl methyl sites for hydroxylation is 1. The Balaban J connectivity index is 1.86. The summed E-state index contributed by atoms with van der Waals surface area (Å²) >= 11 is 0. The van der Waals surface area contributed by atoms with E-state index in [9.17, 15) is 4.79 Å². The second-order valence-electron chi connectivity index (χ2n) is 4.60. The van der Waals surface area contributed by atoms with E-state index in [0.29, 0.717) is 22.8 Å². The summed E-state index contributed by atoms with van der Waals surface area (Å²) in [5, 5.41) is 17.3. The number of amides is 1. The average molecular weight is 298 g/mol. The Hall–Kier alpha value is -3.16. The van der Waals surface area contributed by atoms with E-state index in [0.717, 1.165) is 5.69 Å². The molecule has 0 unspecified atom stereocenters. The number of nitrogens with one attached hydrogen (secondary N) is 2. The number of aromatic nitrogens is 5. The molecule has 2 N–H and O–H groups in total. The van der Waals surface area contributed by atoms with E-state index in [1.54, 1.807) is 35.9 Å². The number of H-pyrrole nitrogens is 1. The molecule has 8 heteroatoms. The second kappa shape index (κ2) is 5.68. The number of hydrogen-bond acceptors (Lipinski definition) is 5. The molecule has 1 amide bonds. The highest BCUT2D eigenvalue weighted by molar-refractivity contribution is 6.05. The minimum atomic E-state index is -0.235. The fraction of sp³-hybridized carbons (Fsp3) is 0.143. The molecule has 0 spiro atoms. The molecule has 0 saturated heterocycles. The average Bonchev–Trinajstić information content (AvgIpc) is 3.18. The van der Waals surface area contributed by atoms with E-state index in [4.69, 9.17) is 4.74 Å². The smallest absolute Gasteiger partial charge is 0.255 e. The predicted molar refractivity (Wildman–Crippen MR) is 79.2 cm³/mol. The molecule has 2 aromatic heterocycles. The van der Waals surface area contributed by atoms with Gasteiger partial charge < -0.3 is 10.1 Å². The van der Waals surface area contributed by atoms with Crippen LogP contribution in [0.15, 0.2) is 36.9 Å². The normalized spacial score (nSPS) is 10.5. The molecule has 0 radical (unpaired) electrons. The van der Waals surface area contributed by atoms with Gasteiger partial charge in [-0.3, -0.25) is 14.5 Å². The summed E-state index contributed by atoms with van der Waals surface area (Å²) < 4.78 is 6.70. The molecule has 0 aliphatic heterocycles. The van der Waals surface area contributed by atoms with Crippen LogP contribution in [0.25, 0.3) is 5.82 Å². The number of carbonyl (C=O) groups is 1. The fourth-order valence-electron chi connectivity index (χ4n) is 1.99. The molecule has 0 fully saturated rings. The number of ether oxygens (including phenoxy) is 1. The summed E-state index contributed by atoms with van der Waals surface area (Å²) in [5.41, 5.74) is 1.85. The number of methoxy groups -OCH3 is 1. The Morgan fingerprint density at radius 1 is 1.23 bits per heavy atom. The zero-order valence-corrected chi connectivity index (χ0v) is 12.1. The molecule has 3 rings (SSSR count). The van der Waals surface area contributed by atoms with E-state index in [-0.39, 0.29) is 5.91 Å². The maximum atomic E-state index is 12.4. The Morgan fingerprint density at radius 2 is 1.91 bits per heavy atom. The van der Waals surface area contributed by atoms with Crippen molar-refractivity contribution in [1.82, 2.24) is 25.0 Å². The van der Waals surface area contributed by atoms with Gasteiger partial charge >= 0.3 is 0 Å². The van der Waals surface area contributed by atoms with Gasteiger partial charge in [0.2, 0.25) is 0 Å². The van der Waals surface area contributed by atoms with Crippen molar-refractivity contribution in [2.24, 2.45) is 0 Å². The Morgan fingerprint density at radius 3 is 2.55 bits per heavy atom. The zero-order chi connectivity index (χ0) is 15.5.